The normalized spacial score (nSPS) is 14.2. The predicted octanol–water partition coefficient (Wildman–Crippen LogP) is -0.0493. The van der Waals surface area contributed by atoms with Gasteiger partial charge in [0.1, 0.15) is 5.54 Å². The minimum absolute atomic E-state index is 0.0220. The van der Waals surface area contributed by atoms with Crippen molar-refractivity contribution >= 4 is 29.5 Å². The summed E-state index contributed by atoms with van der Waals surface area (Å²) < 4.78 is 17.8. The molecule has 1 atom stereocenters. The lowest BCUT2D eigenvalue weighted by atomic mass is 10.0. The number of nitrogens with one attached hydrogen (secondary N) is 4. The maximum absolute atomic E-state index is 13.4. The first-order valence-electron chi connectivity index (χ1n) is 20.5. The molecule has 0 aliphatic carbocycles. The standard InChI is InChI=1S/C38H74N8O9/c39-18-9-21-42-33(48)15-25-53-29-38(30-54-26-16-34(49)43-22-10-19-40,31-55-27-17-35(50)44-23-11-20-41)45-36(51)12-7-5-3-1-2-4-6-8-13-37(52)46-24-14-32(47)28-46/h32,47H,1-31,39-41H2,(H,42,48)(H,43,49)(H,44,50)(H,45,51). The highest BCUT2D eigenvalue weighted by Crippen LogP contribution is 2.15. The van der Waals surface area contributed by atoms with Gasteiger partial charge >= 0.3 is 0 Å². The lowest BCUT2D eigenvalue weighted by molar-refractivity contribution is -0.130. The van der Waals surface area contributed by atoms with E-state index in [0.29, 0.717) is 90.9 Å². The third-order valence-corrected chi connectivity index (χ3v) is 9.13. The van der Waals surface area contributed by atoms with E-state index in [1.54, 1.807) is 4.90 Å². The van der Waals surface area contributed by atoms with E-state index in [9.17, 15) is 29.1 Å². The molecule has 0 radical (unpaired) electrons. The second-order valence-electron chi connectivity index (χ2n) is 14.3. The summed E-state index contributed by atoms with van der Waals surface area (Å²) in [6.45, 7) is 4.17. The van der Waals surface area contributed by atoms with Crippen LogP contribution in [0, 0.1) is 0 Å². The van der Waals surface area contributed by atoms with Gasteiger partial charge < -0.3 is 62.7 Å². The number of carbonyl (C=O) groups excluding carboxylic acids is 5. The average molecular weight is 787 g/mol. The number of aliphatic hydroxyl groups is 1. The second kappa shape index (κ2) is 33.2. The van der Waals surface area contributed by atoms with E-state index < -0.39 is 5.54 Å². The highest BCUT2D eigenvalue weighted by Gasteiger charge is 2.34. The molecular weight excluding hydrogens is 712 g/mol. The highest BCUT2D eigenvalue weighted by molar-refractivity contribution is 5.78. The molecule has 55 heavy (non-hydrogen) atoms. The maximum atomic E-state index is 13.4. The fraction of sp³-hybridized carbons (Fsp3) is 0.868. The van der Waals surface area contributed by atoms with Crippen molar-refractivity contribution in [1.82, 2.24) is 26.2 Å². The molecule has 1 fully saturated rings. The molecule has 0 saturated carbocycles. The van der Waals surface area contributed by atoms with Gasteiger partial charge in [-0.3, -0.25) is 24.0 Å². The largest absolute Gasteiger partial charge is 0.391 e. The van der Waals surface area contributed by atoms with Crippen molar-refractivity contribution in [3.63, 3.8) is 0 Å². The molecule has 0 aromatic rings. The molecule has 0 aromatic carbocycles. The molecule has 17 heteroatoms. The maximum Gasteiger partial charge on any atom is 0.222 e. The Balaban J connectivity index is 2.68. The summed E-state index contributed by atoms with van der Waals surface area (Å²) in [6, 6.07) is 0. The van der Waals surface area contributed by atoms with Gasteiger partial charge in [-0.2, -0.15) is 0 Å². The number of aliphatic hydroxyl groups excluding tert-OH is 1. The smallest absolute Gasteiger partial charge is 0.222 e. The van der Waals surface area contributed by atoms with Crippen molar-refractivity contribution in [2.24, 2.45) is 17.2 Å². The molecule has 5 amide bonds. The summed E-state index contributed by atoms with van der Waals surface area (Å²) in [4.78, 5) is 64.0. The molecule has 1 saturated heterocycles. The molecule has 0 aromatic heterocycles. The van der Waals surface area contributed by atoms with Gasteiger partial charge in [-0.05, 0) is 58.2 Å². The van der Waals surface area contributed by atoms with Crippen molar-refractivity contribution in [2.45, 2.75) is 121 Å². The Morgan fingerprint density at radius 1 is 0.564 bits per heavy atom. The van der Waals surface area contributed by atoms with Crippen LogP contribution in [-0.4, -0.2) is 143 Å². The molecule has 1 unspecified atom stereocenters. The Morgan fingerprint density at radius 3 is 1.35 bits per heavy atom. The number of carbonyl (C=O) groups is 5. The third kappa shape index (κ3) is 27.3. The number of amides is 5. The van der Waals surface area contributed by atoms with E-state index in [-0.39, 0.29) is 101 Å². The fourth-order valence-electron chi connectivity index (χ4n) is 5.89. The van der Waals surface area contributed by atoms with Crippen LogP contribution in [0.3, 0.4) is 0 Å². The summed E-state index contributed by atoms with van der Waals surface area (Å²) in [7, 11) is 0. The first-order valence-corrected chi connectivity index (χ1v) is 20.5. The zero-order valence-electron chi connectivity index (χ0n) is 33.4. The zero-order valence-corrected chi connectivity index (χ0v) is 33.4. The number of hydrogen-bond acceptors (Lipinski definition) is 12. The highest BCUT2D eigenvalue weighted by atomic mass is 16.5. The van der Waals surface area contributed by atoms with E-state index in [1.807, 2.05) is 0 Å². The predicted molar refractivity (Wildman–Crippen MR) is 211 cm³/mol. The van der Waals surface area contributed by atoms with Crippen LogP contribution in [-0.2, 0) is 38.2 Å². The van der Waals surface area contributed by atoms with E-state index in [2.05, 4.69) is 21.3 Å². The quantitative estimate of drug-likeness (QED) is 0.0389. The van der Waals surface area contributed by atoms with Crippen molar-refractivity contribution < 1.29 is 43.3 Å². The molecule has 17 nitrogen and oxygen atoms in total. The van der Waals surface area contributed by atoms with Gasteiger partial charge in [-0.15, -0.1) is 0 Å². The minimum Gasteiger partial charge on any atom is -0.391 e. The number of rotatable bonds is 36. The topological polar surface area (TPSA) is 263 Å². The van der Waals surface area contributed by atoms with Gasteiger partial charge in [0.2, 0.25) is 29.5 Å². The Hall–Kier alpha value is -2.93. The Bertz CT molecular complexity index is 981. The summed E-state index contributed by atoms with van der Waals surface area (Å²) in [5, 5.41) is 21.1. The van der Waals surface area contributed by atoms with Gasteiger partial charge in [0.15, 0.2) is 0 Å². The number of likely N-dealkylation sites (tertiary alicyclic amines) is 1. The van der Waals surface area contributed by atoms with E-state index in [0.717, 1.165) is 44.9 Å². The molecule has 1 aliphatic heterocycles. The number of hydrogen-bond donors (Lipinski definition) is 8. The van der Waals surface area contributed by atoms with Crippen LogP contribution in [0.15, 0.2) is 0 Å². The summed E-state index contributed by atoms with van der Waals surface area (Å²) >= 11 is 0. The van der Waals surface area contributed by atoms with Gasteiger partial charge in [0.25, 0.3) is 0 Å². The molecule has 1 aliphatic rings. The molecule has 1 rings (SSSR count). The second-order valence-corrected chi connectivity index (χ2v) is 14.3. The van der Waals surface area contributed by atoms with Gasteiger partial charge in [0, 0.05) is 64.8 Å². The first-order chi connectivity index (χ1) is 26.6. The minimum atomic E-state index is -1.14. The molecular formula is C38H74N8O9. The van der Waals surface area contributed by atoms with Crippen molar-refractivity contribution in [3.8, 4) is 0 Å². The summed E-state index contributed by atoms with van der Waals surface area (Å²) in [5.41, 5.74) is 15.4. The van der Waals surface area contributed by atoms with Crippen LogP contribution < -0.4 is 38.5 Å². The molecule has 1 heterocycles. The zero-order chi connectivity index (χ0) is 40.4. The van der Waals surface area contributed by atoms with E-state index >= 15 is 0 Å². The fourth-order valence-corrected chi connectivity index (χ4v) is 5.89. The van der Waals surface area contributed by atoms with Crippen LogP contribution >= 0.6 is 0 Å². The SMILES string of the molecule is NCCCNC(=O)CCOCC(COCCC(=O)NCCCN)(COCCC(=O)NCCCN)NC(=O)CCCCCCCCCCC(=O)N1CCC(O)C1. The number of ether oxygens (including phenoxy) is 3. The molecule has 11 N–H and O–H groups in total. The molecule has 0 bridgehead atoms. The van der Waals surface area contributed by atoms with Crippen LogP contribution in [0.25, 0.3) is 0 Å². The van der Waals surface area contributed by atoms with Crippen molar-refractivity contribution in [3.05, 3.63) is 0 Å². The molecule has 320 valence electrons. The van der Waals surface area contributed by atoms with Crippen LogP contribution in [0.2, 0.25) is 0 Å². The molecule has 0 spiro atoms. The number of β-amino-alcohol motifs (C(OH)–C–C–N with tert-alkyl or cyclic N) is 1. The van der Waals surface area contributed by atoms with Gasteiger partial charge in [0.05, 0.1) is 45.7 Å². The number of nitrogens with zero attached hydrogens (tertiary/aromatic N) is 1. The van der Waals surface area contributed by atoms with Crippen molar-refractivity contribution in [1.29, 1.82) is 0 Å². The van der Waals surface area contributed by atoms with Gasteiger partial charge in [-0.1, -0.05) is 38.5 Å². The van der Waals surface area contributed by atoms with Crippen LogP contribution in [0.4, 0.5) is 0 Å². The van der Waals surface area contributed by atoms with E-state index in [1.165, 1.54) is 0 Å². The number of nitrogens with two attached hydrogens (primary N) is 3. The first kappa shape index (κ1) is 50.1. The Labute approximate surface area is 328 Å². The lowest BCUT2D eigenvalue weighted by Gasteiger charge is -2.34. The van der Waals surface area contributed by atoms with Gasteiger partial charge in [-0.25, -0.2) is 0 Å². The summed E-state index contributed by atoms with van der Waals surface area (Å²) in [5.74, 6) is -0.597. The number of unbranched alkanes of at least 4 members (excludes halogenated alkanes) is 7. The Kier molecular flexibility index (Phi) is 30.3. The third-order valence-electron chi connectivity index (χ3n) is 9.13. The Morgan fingerprint density at radius 2 is 0.964 bits per heavy atom. The van der Waals surface area contributed by atoms with Crippen LogP contribution in [0.1, 0.15) is 109 Å². The lowest BCUT2D eigenvalue weighted by Crippen LogP contribution is -2.58. The van der Waals surface area contributed by atoms with Crippen molar-refractivity contribution in [2.75, 3.05) is 92.0 Å². The monoisotopic (exact) mass is 787 g/mol. The van der Waals surface area contributed by atoms with E-state index in [4.69, 9.17) is 31.4 Å². The average Bonchev–Trinajstić information content (AvgIpc) is 3.61. The van der Waals surface area contributed by atoms with Crippen LogP contribution in [0.5, 0.6) is 0 Å². The summed E-state index contributed by atoms with van der Waals surface area (Å²) in [6.07, 6.45) is 11.0.